The Morgan fingerprint density at radius 1 is 1.38 bits per heavy atom. The number of hydrogen-bond acceptors (Lipinski definition) is 4. The molecule has 4 heteroatoms. The first-order valence-corrected chi connectivity index (χ1v) is 4.95. The van der Waals surface area contributed by atoms with Gasteiger partial charge in [0.15, 0.2) is 0 Å². The zero-order chi connectivity index (χ0) is 11.8. The molecule has 1 aromatic rings. The van der Waals surface area contributed by atoms with Crippen molar-refractivity contribution in [3.8, 4) is 5.75 Å². The van der Waals surface area contributed by atoms with Crippen molar-refractivity contribution in [2.75, 3.05) is 20.3 Å². The third kappa shape index (κ3) is 4.14. The molecule has 0 aromatic heterocycles. The van der Waals surface area contributed by atoms with Gasteiger partial charge in [0.25, 0.3) is 0 Å². The summed E-state index contributed by atoms with van der Waals surface area (Å²) in [6.07, 6.45) is 3.05. The summed E-state index contributed by atoms with van der Waals surface area (Å²) in [5, 5.41) is 0. The Hall–Kier alpha value is -1.81. The molecule has 0 atom stereocenters. The highest BCUT2D eigenvalue weighted by Gasteiger charge is 1.94. The smallest absolute Gasteiger partial charge is 0.330 e. The summed E-state index contributed by atoms with van der Waals surface area (Å²) in [5.41, 5.74) is 6.22. The molecule has 0 aliphatic rings. The molecule has 0 saturated carbocycles. The van der Waals surface area contributed by atoms with Crippen LogP contribution in [0.2, 0.25) is 0 Å². The van der Waals surface area contributed by atoms with Crippen LogP contribution in [0, 0.1) is 0 Å². The number of benzene rings is 1. The summed E-state index contributed by atoms with van der Waals surface area (Å²) in [5.74, 6) is 0.393. The van der Waals surface area contributed by atoms with Crippen molar-refractivity contribution in [1.29, 1.82) is 0 Å². The van der Waals surface area contributed by atoms with Gasteiger partial charge in [0, 0.05) is 12.6 Å². The maximum atomic E-state index is 10.8. The molecule has 1 rings (SSSR count). The number of hydrogen-bond donors (Lipinski definition) is 1. The minimum absolute atomic E-state index is 0.372. The van der Waals surface area contributed by atoms with E-state index < -0.39 is 0 Å². The van der Waals surface area contributed by atoms with E-state index in [0.717, 1.165) is 11.3 Å². The lowest BCUT2D eigenvalue weighted by Crippen LogP contribution is -2.10. The number of carbonyl (C=O) groups excluding carboxylic acids is 1. The fourth-order valence-corrected chi connectivity index (χ4v) is 1.08. The third-order valence-corrected chi connectivity index (χ3v) is 1.88. The molecule has 0 aliphatic carbocycles. The lowest BCUT2D eigenvalue weighted by atomic mass is 10.2. The Kier molecular flexibility index (Phi) is 5.08. The number of carbonyl (C=O) groups is 1. The number of esters is 1. The van der Waals surface area contributed by atoms with E-state index >= 15 is 0 Å². The Labute approximate surface area is 94.7 Å². The summed E-state index contributed by atoms with van der Waals surface area (Å²) in [4.78, 5) is 10.8. The van der Waals surface area contributed by atoms with Crippen LogP contribution in [0.5, 0.6) is 5.75 Å². The van der Waals surface area contributed by atoms with Crippen LogP contribution in [-0.2, 0) is 9.53 Å². The average molecular weight is 221 g/mol. The van der Waals surface area contributed by atoms with Crippen molar-refractivity contribution >= 4 is 12.0 Å². The summed E-state index contributed by atoms with van der Waals surface area (Å²) in [6.45, 7) is 0.987. The first kappa shape index (κ1) is 12.3. The number of nitrogens with two attached hydrogens (primary N) is 1. The number of ether oxygens (including phenoxy) is 2. The van der Waals surface area contributed by atoms with Gasteiger partial charge in [-0.25, -0.2) is 4.79 Å². The second kappa shape index (κ2) is 6.63. The lowest BCUT2D eigenvalue weighted by molar-refractivity contribution is -0.134. The lowest BCUT2D eigenvalue weighted by Gasteiger charge is -2.03. The Bertz CT molecular complexity index is 357. The Morgan fingerprint density at radius 3 is 2.62 bits per heavy atom. The molecule has 2 N–H and O–H groups in total. The van der Waals surface area contributed by atoms with Gasteiger partial charge in [0.2, 0.25) is 0 Å². The molecule has 0 heterocycles. The molecule has 0 saturated heterocycles. The summed E-state index contributed by atoms with van der Waals surface area (Å²) >= 11 is 0. The van der Waals surface area contributed by atoms with Gasteiger partial charge < -0.3 is 15.2 Å². The van der Waals surface area contributed by atoms with E-state index in [9.17, 15) is 4.79 Å². The van der Waals surface area contributed by atoms with Crippen LogP contribution in [0.3, 0.4) is 0 Å². The van der Waals surface area contributed by atoms with Crippen molar-refractivity contribution in [2.45, 2.75) is 0 Å². The van der Waals surface area contributed by atoms with Gasteiger partial charge in [0.05, 0.1) is 7.11 Å². The Balaban J connectivity index is 2.57. The van der Waals surface area contributed by atoms with Gasteiger partial charge in [0.1, 0.15) is 12.4 Å². The number of rotatable bonds is 5. The average Bonchev–Trinajstić information content (AvgIpc) is 2.34. The second-order valence-electron chi connectivity index (χ2n) is 3.06. The van der Waals surface area contributed by atoms with Gasteiger partial charge >= 0.3 is 5.97 Å². The SMILES string of the molecule is COC(=O)/C=C/c1ccc(OCCN)cc1. The van der Waals surface area contributed by atoms with Crippen LogP contribution < -0.4 is 10.5 Å². The standard InChI is InChI=1S/C12H15NO3/c1-15-12(14)7-4-10-2-5-11(6-3-10)16-9-8-13/h2-7H,8-9,13H2,1H3/b7-4+. The molecular formula is C12H15NO3. The monoisotopic (exact) mass is 221 g/mol. The predicted octanol–water partition coefficient (Wildman–Crippen LogP) is 1.21. The minimum atomic E-state index is -0.372. The predicted molar refractivity (Wildman–Crippen MR) is 62.0 cm³/mol. The quantitative estimate of drug-likeness (QED) is 0.599. The molecule has 16 heavy (non-hydrogen) atoms. The van der Waals surface area contributed by atoms with E-state index in [0.29, 0.717) is 13.2 Å². The zero-order valence-electron chi connectivity index (χ0n) is 9.18. The van der Waals surface area contributed by atoms with E-state index in [1.165, 1.54) is 13.2 Å². The van der Waals surface area contributed by atoms with E-state index in [-0.39, 0.29) is 5.97 Å². The highest BCUT2D eigenvalue weighted by Crippen LogP contribution is 2.12. The number of methoxy groups -OCH3 is 1. The largest absolute Gasteiger partial charge is 0.492 e. The molecule has 0 aliphatic heterocycles. The summed E-state index contributed by atoms with van der Waals surface area (Å²) in [7, 11) is 1.34. The van der Waals surface area contributed by atoms with Crippen LogP contribution in [-0.4, -0.2) is 26.2 Å². The van der Waals surface area contributed by atoms with Crippen molar-refractivity contribution in [2.24, 2.45) is 5.73 Å². The molecule has 0 amide bonds. The van der Waals surface area contributed by atoms with Crippen LogP contribution in [0.15, 0.2) is 30.3 Å². The van der Waals surface area contributed by atoms with Gasteiger partial charge in [-0.1, -0.05) is 12.1 Å². The molecular weight excluding hydrogens is 206 g/mol. The first-order chi connectivity index (χ1) is 7.76. The molecule has 0 unspecified atom stereocenters. The molecule has 0 spiro atoms. The van der Waals surface area contributed by atoms with Gasteiger partial charge in [-0.15, -0.1) is 0 Å². The highest BCUT2D eigenvalue weighted by molar-refractivity contribution is 5.86. The van der Waals surface area contributed by atoms with E-state index in [4.69, 9.17) is 10.5 Å². The van der Waals surface area contributed by atoms with Crippen molar-refractivity contribution in [3.05, 3.63) is 35.9 Å². The van der Waals surface area contributed by atoms with Gasteiger partial charge in [-0.3, -0.25) is 0 Å². The van der Waals surface area contributed by atoms with Crippen molar-refractivity contribution in [3.63, 3.8) is 0 Å². The summed E-state index contributed by atoms with van der Waals surface area (Å²) in [6, 6.07) is 7.36. The first-order valence-electron chi connectivity index (χ1n) is 4.95. The van der Waals surface area contributed by atoms with Crippen molar-refractivity contribution in [1.82, 2.24) is 0 Å². The van der Waals surface area contributed by atoms with Crippen molar-refractivity contribution < 1.29 is 14.3 Å². The van der Waals surface area contributed by atoms with Gasteiger partial charge in [-0.2, -0.15) is 0 Å². The van der Waals surface area contributed by atoms with E-state index in [1.807, 2.05) is 24.3 Å². The fourth-order valence-electron chi connectivity index (χ4n) is 1.08. The van der Waals surface area contributed by atoms with Crippen LogP contribution >= 0.6 is 0 Å². The van der Waals surface area contributed by atoms with Crippen LogP contribution in [0.4, 0.5) is 0 Å². The molecule has 0 fully saturated rings. The molecule has 86 valence electrons. The molecule has 0 radical (unpaired) electrons. The molecule has 4 nitrogen and oxygen atoms in total. The second-order valence-corrected chi connectivity index (χ2v) is 3.06. The zero-order valence-corrected chi connectivity index (χ0v) is 9.18. The third-order valence-electron chi connectivity index (χ3n) is 1.88. The maximum Gasteiger partial charge on any atom is 0.330 e. The summed E-state index contributed by atoms with van der Waals surface area (Å²) < 4.78 is 9.80. The molecule has 0 bridgehead atoms. The van der Waals surface area contributed by atoms with Gasteiger partial charge in [-0.05, 0) is 23.8 Å². The minimum Gasteiger partial charge on any atom is -0.492 e. The fraction of sp³-hybridized carbons (Fsp3) is 0.250. The van der Waals surface area contributed by atoms with E-state index in [1.54, 1.807) is 6.08 Å². The topological polar surface area (TPSA) is 61.5 Å². The molecule has 1 aromatic carbocycles. The normalized spacial score (nSPS) is 10.4. The van der Waals surface area contributed by atoms with Crippen LogP contribution in [0.1, 0.15) is 5.56 Å². The van der Waals surface area contributed by atoms with E-state index in [2.05, 4.69) is 4.74 Å². The van der Waals surface area contributed by atoms with Crippen LogP contribution in [0.25, 0.3) is 6.08 Å². The maximum absolute atomic E-state index is 10.8. The Morgan fingerprint density at radius 2 is 2.06 bits per heavy atom. The highest BCUT2D eigenvalue weighted by atomic mass is 16.5.